The molecule has 1 N–H and O–H groups in total. The first kappa shape index (κ1) is 11.8. The Balaban J connectivity index is 1.78. The molecule has 2 heterocycles. The molecule has 0 aliphatic carbocycles. The fourth-order valence-corrected chi connectivity index (χ4v) is 1.75. The molecule has 0 amide bonds. The quantitative estimate of drug-likeness (QED) is 0.825. The highest BCUT2D eigenvalue weighted by molar-refractivity contribution is 5.10. The van der Waals surface area contributed by atoms with E-state index in [1.54, 1.807) is 6.20 Å². The molecule has 0 atom stereocenters. The lowest BCUT2D eigenvalue weighted by Gasteiger charge is -2.02. The molecule has 0 spiro atoms. The molecule has 0 aromatic carbocycles. The van der Waals surface area contributed by atoms with Crippen molar-refractivity contribution in [2.24, 2.45) is 0 Å². The minimum atomic E-state index is 0.757. The summed E-state index contributed by atoms with van der Waals surface area (Å²) in [6, 6.07) is 6.03. The minimum absolute atomic E-state index is 0.757. The van der Waals surface area contributed by atoms with Gasteiger partial charge in [-0.15, -0.1) is 0 Å². The molecule has 0 bridgehead atoms. The Bertz CT molecular complexity index is 436. The molecule has 0 saturated carbocycles. The van der Waals surface area contributed by atoms with Gasteiger partial charge in [-0.05, 0) is 30.2 Å². The number of hydrogen-bond donors (Lipinski definition) is 1. The van der Waals surface area contributed by atoms with Gasteiger partial charge in [-0.1, -0.05) is 6.92 Å². The zero-order chi connectivity index (χ0) is 11.9. The fraction of sp³-hybridized carbons (Fsp3) is 0.385. The first-order valence-electron chi connectivity index (χ1n) is 6.00. The molecule has 0 saturated heterocycles. The standard InChI is InChI=1S/C13H18N4/c1-2-7-17-8-5-12(11-17)9-14-10-13-4-3-6-15-16-13/h3-6,8,11,14H,2,7,9-10H2,1H3. The first-order valence-corrected chi connectivity index (χ1v) is 6.00. The Kier molecular flexibility index (Phi) is 4.27. The van der Waals surface area contributed by atoms with Crippen molar-refractivity contribution in [1.82, 2.24) is 20.1 Å². The van der Waals surface area contributed by atoms with E-state index in [-0.39, 0.29) is 0 Å². The molecule has 17 heavy (non-hydrogen) atoms. The molecule has 0 aliphatic heterocycles. The maximum Gasteiger partial charge on any atom is 0.0769 e. The Morgan fingerprint density at radius 1 is 1.29 bits per heavy atom. The molecular weight excluding hydrogens is 212 g/mol. The van der Waals surface area contributed by atoms with Gasteiger partial charge in [-0.3, -0.25) is 0 Å². The van der Waals surface area contributed by atoms with Gasteiger partial charge in [0.25, 0.3) is 0 Å². The van der Waals surface area contributed by atoms with Gasteiger partial charge in [-0.25, -0.2) is 0 Å². The topological polar surface area (TPSA) is 42.7 Å². The second kappa shape index (κ2) is 6.15. The van der Waals surface area contributed by atoms with Crippen LogP contribution in [0.3, 0.4) is 0 Å². The third kappa shape index (κ3) is 3.67. The van der Waals surface area contributed by atoms with Crippen molar-refractivity contribution in [3.05, 3.63) is 48.0 Å². The van der Waals surface area contributed by atoms with E-state index in [0.29, 0.717) is 0 Å². The molecule has 2 rings (SSSR count). The summed E-state index contributed by atoms with van der Waals surface area (Å²) in [5, 5.41) is 11.2. The molecular formula is C13H18N4. The van der Waals surface area contributed by atoms with E-state index >= 15 is 0 Å². The Morgan fingerprint density at radius 2 is 2.24 bits per heavy atom. The van der Waals surface area contributed by atoms with Gasteiger partial charge in [0.15, 0.2) is 0 Å². The van der Waals surface area contributed by atoms with E-state index in [4.69, 9.17) is 0 Å². The monoisotopic (exact) mass is 230 g/mol. The van der Waals surface area contributed by atoms with Crippen LogP contribution in [-0.4, -0.2) is 14.8 Å². The van der Waals surface area contributed by atoms with E-state index in [1.807, 2.05) is 12.1 Å². The average Bonchev–Trinajstić information content (AvgIpc) is 2.79. The highest BCUT2D eigenvalue weighted by atomic mass is 15.1. The maximum atomic E-state index is 4.03. The minimum Gasteiger partial charge on any atom is -0.354 e. The third-order valence-electron chi connectivity index (χ3n) is 2.56. The zero-order valence-corrected chi connectivity index (χ0v) is 10.1. The van der Waals surface area contributed by atoms with Crippen molar-refractivity contribution in [2.75, 3.05) is 0 Å². The predicted molar refractivity (Wildman–Crippen MR) is 67.3 cm³/mol. The first-order chi connectivity index (χ1) is 8.38. The maximum absolute atomic E-state index is 4.03. The Morgan fingerprint density at radius 3 is 3.00 bits per heavy atom. The summed E-state index contributed by atoms with van der Waals surface area (Å²) in [6.45, 7) is 4.90. The number of hydrogen-bond acceptors (Lipinski definition) is 3. The third-order valence-corrected chi connectivity index (χ3v) is 2.56. The van der Waals surface area contributed by atoms with Crippen molar-refractivity contribution in [1.29, 1.82) is 0 Å². The second-order valence-electron chi connectivity index (χ2n) is 4.08. The lowest BCUT2D eigenvalue weighted by molar-refractivity contribution is 0.658. The van der Waals surface area contributed by atoms with Crippen LogP contribution in [0.25, 0.3) is 0 Å². The predicted octanol–water partition coefficient (Wildman–Crippen LogP) is 1.98. The molecule has 2 aromatic rings. The lowest BCUT2D eigenvalue weighted by atomic mass is 10.3. The summed E-state index contributed by atoms with van der Waals surface area (Å²) >= 11 is 0. The van der Waals surface area contributed by atoms with Gasteiger partial charge in [0.05, 0.1) is 5.69 Å². The summed E-state index contributed by atoms with van der Waals surface area (Å²) in [5.41, 5.74) is 2.28. The van der Waals surface area contributed by atoms with Crippen LogP contribution < -0.4 is 5.32 Å². The van der Waals surface area contributed by atoms with Crippen LogP contribution in [0.15, 0.2) is 36.8 Å². The van der Waals surface area contributed by atoms with Crippen LogP contribution in [0.5, 0.6) is 0 Å². The van der Waals surface area contributed by atoms with E-state index in [9.17, 15) is 0 Å². The highest BCUT2D eigenvalue weighted by Crippen LogP contribution is 2.02. The van der Waals surface area contributed by atoms with Crippen LogP contribution in [0.1, 0.15) is 24.6 Å². The summed E-state index contributed by atoms with van der Waals surface area (Å²) in [6.07, 6.45) is 7.17. The molecule has 0 unspecified atom stereocenters. The number of nitrogens with zero attached hydrogens (tertiary/aromatic N) is 3. The number of aryl methyl sites for hydroxylation is 1. The van der Waals surface area contributed by atoms with Crippen LogP contribution in [0.4, 0.5) is 0 Å². The van der Waals surface area contributed by atoms with Crippen molar-refractivity contribution in [2.45, 2.75) is 33.0 Å². The van der Waals surface area contributed by atoms with Gasteiger partial charge >= 0.3 is 0 Å². The smallest absolute Gasteiger partial charge is 0.0769 e. The second-order valence-corrected chi connectivity index (χ2v) is 4.08. The van der Waals surface area contributed by atoms with E-state index in [2.05, 4.69) is 45.5 Å². The average molecular weight is 230 g/mol. The summed E-state index contributed by atoms with van der Waals surface area (Å²) < 4.78 is 2.22. The van der Waals surface area contributed by atoms with Crippen molar-refractivity contribution < 1.29 is 0 Å². The van der Waals surface area contributed by atoms with Gasteiger partial charge in [0.1, 0.15) is 0 Å². The molecule has 0 fully saturated rings. The van der Waals surface area contributed by atoms with Gasteiger partial charge in [-0.2, -0.15) is 10.2 Å². The molecule has 4 nitrogen and oxygen atoms in total. The number of rotatable bonds is 6. The molecule has 0 aliphatic rings. The highest BCUT2D eigenvalue weighted by Gasteiger charge is 1.97. The van der Waals surface area contributed by atoms with Crippen LogP contribution in [0.2, 0.25) is 0 Å². The van der Waals surface area contributed by atoms with Crippen LogP contribution in [-0.2, 0) is 19.6 Å². The van der Waals surface area contributed by atoms with Gasteiger partial charge in [0, 0.05) is 38.2 Å². The molecule has 4 heteroatoms. The fourth-order valence-electron chi connectivity index (χ4n) is 1.75. The summed E-state index contributed by atoms with van der Waals surface area (Å²) in [5.74, 6) is 0. The van der Waals surface area contributed by atoms with Gasteiger partial charge in [0.2, 0.25) is 0 Å². The Hall–Kier alpha value is -1.68. The molecule has 90 valence electrons. The molecule has 2 aromatic heterocycles. The van der Waals surface area contributed by atoms with Crippen LogP contribution in [0, 0.1) is 0 Å². The van der Waals surface area contributed by atoms with Gasteiger partial charge < -0.3 is 9.88 Å². The normalized spacial score (nSPS) is 10.6. The van der Waals surface area contributed by atoms with E-state index in [0.717, 1.165) is 25.3 Å². The zero-order valence-electron chi connectivity index (χ0n) is 10.1. The number of aromatic nitrogens is 3. The van der Waals surface area contributed by atoms with E-state index < -0.39 is 0 Å². The summed E-state index contributed by atoms with van der Waals surface area (Å²) in [4.78, 5) is 0. The van der Waals surface area contributed by atoms with Crippen molar-refractivity contribution >= 4 is 0 Å². The van der Waals surface area contributed by atoms with Crippen molar-refractivity contribution in [3.63, 3.8) is 0 Å². The van der Waals surface area contributed by atoms with Crippen molar-refractivity contribution in [3.8, 4) is 0 Å². The van der Waals surface area contributed by atoms with Crippen LogP contribution >= 0.6 is 0 Å². The number of nitrogens with one attached hydrogen (secondary N) is 1. The lowest BCUT2D eigenvalue weighted by Crippen LogP contribution is -2.13. The Labute approximate surface area is 102 Å². The summed E-state index contributed by atoms with van der Waals surface area (Å²) in [7, 11) is 0. The molecule has 0 radical (unpaired) electrons. The SMILES string of the molecule is CCCn1ccc(CNCc2cccnn2)c1. The van der Waals surface area contributed by atoms with E-state index in [1.165, 1.54) is 12.0 Å². The largest absolute Gasteiger partial charge is 0.354 e.